The molecule has 0 aliphatic carbocycles. The molecular formula is C13H8BrN3O3. The predicted octanol–water partition coefficient (Wildman–Crippen LogP) is 2.58. The van der Waals surface area contributed by atoms with Crippen LogP contribution in [0.2, 0.25) is 0 Å². The number of hydrogen-bond acceptors (Lipinski definition) is 3. The zero-order chi connectivity index (χ0) is 14.3. The number of aromatic nitrogens is 3. The molecule has 0 fully saturated rings. The Morgan fingerprint density at radius 3 is 2.80 bits per heavy atom. The highest BCUT2D eigenvalue weighted by molar-refractivity contribution is 9.10. The molecule has 3 N–H and O–H groups in total. The molecule has 20 heavy (non-hydrogen) atoms. The number of halogens is 1. The van der Waals surface area contributed by atoms with Crippen molar-refractivity contribution in [2.24, 2.45) is 0 Å². The van der Waals surface area contributed by atoms with Gasteiger partial charge in [0.1, 0.15) is 5.69 Å². The minimum atomic E-state index is -1.21. The summed E-state index contributed by atoms with van der Waals surface area (Å²) < 4.78 is 0.886. The van der Waals surface area contributed by atoms with Gasteiger partial charge in [0.15, 0.2) is 5.69 Å². The highest BCUT2D eigenvalue weighted by atomic mass is 79.9. The number of imidazole rings is 1. The number of aromatic amines is 2. The van der Waals surface area contributed by atoms with Crippen LogP contribution in [0.5, 0.6) is 0 Å². The van der Waals surface area contributed by atoms with E-state index in [9.17, 15) is 9.59 Å². The van der Waals surface area contributed by atoms with Gasteiger partial charge in [0, 0.05) is 27.1 Å². The van der Waals surface area contributed by atoms with Gasteiger partial charge in [-0.05, 0) is 12.1 Å². The van der Waals surface area contributed by atoms with E-state index in [-0.39, 0.29) is 11.4 Å². The highest BCUT2D eigenvalue weighted by Crippen LogP contribution is 2.24. The third kappa shape index (κ3) is 1.92. The van der Waals surface area contributed by atoms with Gasteiger partial charge in [0.05, 0.1) is 6.33 Å². The van der Waals surface area contributed by atoms with E-state index in [4.69, 9.17) is 5.11 Å². The molecule has 0 spiro atoms. The zero-order valence-corrected chi connectivity index (χ0v) is 11.6. The van der Waals surface area contributed by atoms with E-state index in [0.29, 0.717) is 5.56 Å². The molecule has 0 radical (unpaired) electrons. The minimum Gasteiger partial charge on any atom is -0.477 e. The minimum absolute atomic E-state index is 0.0960. The Hall–Kier alpha value is -2.41. The second-order valence-electron chi connectivity index (χ2n) is 4.15. The van der Waals surface area contributed by atoms with E-state index < -0.39 is 11.8 Å². The first-order valence-electron chi connectivity index (χ1n) is 5.66. The number of aromatic carboxylic acids is 1. The van der Waals surface area contributed by atoms with Gasteiger partial charge in [-0.25, -0.2) is 9.78 Å². The second-order valence-corrected chi connectivity index (χ2v) is 5.07. The van der Waals surface area contributed by atoms with Crippen LogP contribution in [0, 0.1) is 0 Å². The molecule has 0 saturated heterocycles. The molecule has 2 heterocycles. The van der Waals surface area contributed by atoms with E-state index >= 15 is 0 Å². The van der Waals surface area contributed by atoms with Crippen LogP contribution in [-0.4, -0.2) is 31.8 Å². The normalized spacial score (nSPS) is 10.8. The number of rotatable bonds is 3. The van der Waals surface area contributed by atoms with Crippen molar-refractivity contribution in [3.63, 3.8) is 0 Å². The maximum absolute atomic E-state index is 12.4. The number of carboxylic acids is 1. The SMILES string of the molecule is O=C(O)c1[nH]cnc1C(=O)c1c[nH]c2cc(Br)ccc12. The Balaban J connectivity index is 2.13. The van der Waals surface area contributed by atoms with Crippen molar-refractivity contribution >= 4 is 38.6 Å². The van der Waals surface area contributed by atoms with Gasteiger partial charge in [-0.15, -0.1) is 0 Å². The fourth-order valence-electron chi connectivity index (χ4n) is 2.04. The molecule has 0 bridgehead atoms. The number of nitrogens with one attached hydrogen (secondary N) is 2. The summed E-state index contributed by atoms with van der Waals surface area (Å²) in [6.45, 7) is 0. The van der Waals surface area contributed by atoms with Crippen LogP contribution < -0.4 is 0 Å². The van der Waals surface area contributed by atoms with Crippen molar-refractivity contribution in [2.45, 2.75) is 0 Å². The average Bonchev–Trinajstić information content (AvgIpc) is 3.03. The molecular weight excluding hydrogens is 326 g/mol. The zero-order valence-electron chi connectivity index (χ0n) is 9.98. The van der Waals surface area contributed by atoms with E-state index in [1.807, 2.05) is 12.1 Å². The molecule has 6 nitrogen and oxygen atoms in total. The van der Waals surface area contributed by atoms with Crippen LogP contribution in [0.3, 0.4) is 0 Å². The topological polar surface area (TPSA) is 98.8 Å². The summed E-state index contributed by atoms with van der Waals surface area (Å²) in [6, 6.07) is 5.45. The number of nitrogens with zero attached hydrogens (tertiary/aromatic N) is 1. The lowest BCUT2D eigenvalue weighted by molar-refractivity contribution is 0.0687. The third-order valence-corrected chi connectivity index (χ3v) is 3.45. The van der Waals surface area contributed by atoms with Gasteiger partial charge in [0.2, 0.25) is 5.78 Å². The standard InChI is InChI=1S/C13H8BrN3O3/c14-6-1-2-7-8(4-15-9(7)3-6)12(18)10-11(13(19)20)17-5-16-10/h1-5,15H,(H,16,17)(H,19,20). The first-order valence-corrected chi connectivity index (χ1v) is 6.45. The van der Waals surface area contributed by atoms with Crippen LogP contribution in [0.15, 0.2) is 35.2 Å². The number of H-pyrrole nitrogens is 2. The predicted molar refractivity (Wildman–Crippen MR) is 75.0 cm³/mol. The van der Waals surface area contributed by atoms with E-state index in [2.05, 4.69) is 30.9 Å². The molecule has 3 rings (SSSR count). The quantitative estimate of drug-likeness (QED) is 0.641. The molecule has 2 aromatic heterocycles. The molecule has 100 valence electrons. The van der Waals surface area contributed by atoms with Crippen molar-refractivity contribution in [3.8, 4) is 0 Å². The van der Waals surface area contributed by atoms with Gasteiger partial charge >= 0.3 is 5.97 Å². The monoisotopic (exact) mass is 333 g/mol. The molecule has 1 aromatic carbocycles. The Kier molecular flexibility index (Phi) is 2.90. The van der Waals surface area contributed by atoms with Gasteiger partial charge in [-0.2, -0.15) is 0 Å². The van der Waals surface area contributed by atoms with Gasteiger partial charge in [-0.3, -0.25) is 4.79 Å². The molecule has 0 amide bonds. The fourth-order valence-corrected chi connectivity index (χ4v) is 2.40. The van der Waals surface area contributed by atoms with Crippen LogP contribution in [0.25, 0.3) is 10.9 Å². The Bertz CT molecular complexity index is 834. The van der Waals surface area contributed by atoms with Crippen molar-refractivity contribution in [2.75, 3.05) is 0 Å². The van der Waals surface area contributed by atoms with Gasteiger partial charge in [0.25, 0.3) is 0 Å². The van der Waals surface area contributed by atoms with Crippen LogP contribution in [0.1, 0.15) is 26.5 Å². The lowest BCUT2D eigenvalue weighted by Crippen LogP contribution is -2.09. The maximum Gasteiger partial charge on any atom is 0.354 e. The Morgan fingerprint density at radius 1 is 1.25 bits per heavy atom. The molecule has 3 aromatic rings. The van der Waals surface area contributed by atoms with Crippen molar-refractivity contribution in [1.82, 2.24) is 15.0 Å². The van der Waals surface area contributed by atoms with Crippen LogP contribution in [0.4, 0.5) is 0 Å². The smallest absolute Gasteiger partial charge is 0.354 e. The van der Waals surface area contributed by atoms with E-state index in [1.54, 1.807) is 12.3 Å². The second kappa shape index (κ2) is 4.61. The number of benzene rings is 1. The van der Waals surface area contributed by atoms with E-state index in [0.717, 1.165) is 15.4 Å². The summed E-state index contributed by atoms with van der Waals surface area (Å²) in [4.78, 5) is 32.7. The van der Waals surface area contributed by atoms with Crippen molar-refractivity contribution in [3.05, 3.63) is 52.1 Å². The summed E-state index contributed by atoms with van der Waals surface area (Å²) in [5.41, 5.74) is 0.875. The number of fused-ring (bicyclic) bond motifs is 1. The lowest BCUT2D eigenvalue weighted by atomic mass is 10.1. The summed E-state index contributed by atoms with van der Waals surface area (Å²) >= 11 is 3.35. The van der Waals surface area contributed by atoms with Gasteiger partial charge in [-0.1, -0.05) is 22.0 Å². The molecule has 0 aliphatic heterocycles. The van der Waals surface area contributed by atoms with Crippen LogP contribution >= 0.6 is 15.9 Å². The number of carbonyl (C=O) groups is 2. The number of carboxylic acid groups (broad SMARTS) is 1. The number of ketones is 1. The molecule has 0 saturated carbocycles. The average molecular weight is 334 g/mol. The number of carbonyl (C=O) groups excluding carboxylic acids is 1. The molecule has 0 aliphatic rings. The number of hydrogen-bond donors (Lipinski definition) is 3. The fraction of sp³-hybridized carbons (Fsp3) is 0. The molecule has 0 atom stereocenters. The largest absolute Gasteiger partial charge is 0.477 e. The Morgan fingerprint density at radius 2 is 2.05 bits per heavy atom. The summed E-state index contributed by atoms with van der Waals surface area (Å²) in [6.07, 6.45) is 2.75. The third-order valence-electron chi connectivity index (χ3n) is 2.96. The first-order chi connectivity index (χ1) is 9.58. The summed E-state index contributed by atoms with van der Waals surface area (Å²) in [5.74, 6) is -1.65. The first kappa shape index (κ1) is 12.6. The summed E-state index contributed by atoms with van der Waals surface area (Å²) in [7, 11) is 0. The van der Waals surface area contributed by atoms with Gasteiger partial charge < -0.3 is 15.1 Å². The Labute approximate surface area is 121 Å². The maximum atomic E-state index is 12.4. The molecule has 0 unspecified atom stereocenters. The van der Waals surface area contributed by atoms with Crippen molar-refractivity contribution < 1.29 is 14.7 Å². The summed E-state index contributed by atoms with van der Waals surface area (Å²) in [5, 5.41) is 9.73. The lowest BCUT2D eigenvalue weighted by Gasteiger charge is -1.98. The highest BCUT2D eigenvalue weighted by Gasteiger charge is 2.23. The molecule has 7 heteroatoms. The van der Waals surface area contributed by atoms with Crippen molar-refractivity contribution in [1.29, 1.82) is 0 Å². The van der Waals surface area contributed by atoms with E-state index in [1.165, 1.54) is 6.33 Å². The van der Waals surface area contributed by atoms with Crippen LogP contribution in [-0.2, 0) is 0 Å².